The number of benzene rings is 1. The average Bonchev–Trinajstić information content (AvgIpc) is 2.20. The molecule has 1 aromatic carbocycles. The standard InChI is InChI=1S/C13H15N/c1-11(2)8-9-13(10-14)12-6-4-3-5-7-12/h3-8,13H,9H2,1-2H3/t13-/m0/s1. The molecule has 1 atom stereocenters. The van der Waals surface area contributed by atoms with Crippen molar-refractivity contribution >= 4 is 0 Å². The third-order valence-electron chi connectivity index (χ3n) is 2.12. The van der Waals surface area contributed by atoms with E-state index in [4.69, 9.17) is 5.26 Å². The Morgan fingerprint density at radius 2 is 2.00 bits per heavy atom. The van der Waals surface area contributed by atoms with E-state index in [1.54, 1.807) is 0 Å². The number of hydrogen-bond donors (Lipinski definition) is 0. The summed E-state index contributed by atoms with van der Waals surface area (Å²) >= 11 is 0. The molecule has 0 spiro atoms. The molecule has 0 N–H and O–H groups in total. The van der Waals surface area contributed by atoms with Gasteiger partial charge in [0.2, 0.25) is 0 Å². The molecule has 1 aromatic rings. The predicted octanol–water partition coefficient (Wildman–Crippen LogP) is 3.65. The van der Waals surface area contributed by atoms with Crippen molar-refractivity contribution in [2.75, 3.05) is 0 Å². The summed E-state index contributed by atoms with van der Waals surface area (Å²) in [6, 6.07) is 12.3. The lowest BCUT2D eigenvalue weighted by atomic mass is 9.96. The van der Waals surface area contributed by atoms with Gasteiger partial charge in [-0.25, -0.2) is 0 Å². The molecule has 14 heavy (non-hydrogen) atoms. The molecule has 1 rings (SSSR count). The Morgan fingerprint density at radius 3 is 2.50 bits per heavy atom. The van der Waals surface area contributed by atoms with E-state index >= 15 is 0 Å². The minimum absolute atomic E-state index is 0.00824. The molecule has 0 aliphatic rings. The van der Waals surface area contributed by atoms with Crippen LogP contribution in [0.2, 0.25) is 0 Å². The van der Waals surface area contributed by atoms with Crippen LogP contribution in [-0.4, -0.2) is 0 Å². The second kappa shape index (κ2) is 5.24. The minimum atomic E-state index is -0.00824. The van der Waals surface area contributed by atoms with Crippen LogP contribution in [0.25, 0.3) is 0 Å². The second-order valence-corrected chi connectivity index (χ2v) is 3.61. The molecule has 0 unspecified atom stereocenters. The van der Waals surface area contributed by atoms with Gasteiger partial charge in [0.1, 0.15) is 0 Å². The monoisotopic (exact) mass is 185 g/mol. The number of nitrogens with zero attached hydrogens (tertiary/aromatic N) is 1. The molecule has 0 heterocycles. The van der Waals surface area contributed by atoms with Crippen molar-refractivity contribution < 1.29 is 0 Å². The highest BCUT2D eigenvalue weighted by molar-refractivity contribution is 5.25. The van der Waals surface area contributed by atoms with Gasteiger partial charge in [0.25, 0.3) is 0 Å². The summed E-state index contributed by atoms with van der Waals surface area (Å²) in [6.07, 6.45) is 2.92. The molecular formula is C13H15N. The molecule has 0 aliphatic carbocycles. The largest absolute Gasteiger partial charge is 0.198 e. The molecule has 0 bridgehead atoms. The van der Waals surface area contributed by atoms with Crippen LogP contribution in [0.1, 0.15) is 31.7 Å². The van der Waals surface area contributed by atoms with Crippen LogP contribution in [0.5, 0.6) is 0 Å². The molecule has 1 nitrogen and oxygen atoms in total. The fourth-order valence-electron chi connectivity index (χ4n) is 1.30. The molecule has 72 valence electrons. The van der Waals surface area contributed by atoms with Gasteiger partial charge in [-0.2, -0.15) is 5.26 Å². The molecule has 0 aliphatic heterocycles. The summed E-state index contributed by atoms with van der Waals surface area (Å²) < 4.78 is 0. The van der Waals surface area contributed by atoms with Crippen LogP contribution >= 0.6 is 0 Å². The zero-order valence-corrected chi connectivity index (χ0v) is 8.70. The first-order valence-electron chi connectivity index (χ1n) is 4.82. The summed E-state index contributed by atoms with van der Waals surface area (Å²) in [5.74, 6) is -0.00824. The zero-order valence-electron chi connectivity index (χ0n) is 8.70. The van der Waals surface area contributed by atoms with E-state index in [2.05, 4.69) is 26.0 Å². The Labute approximate surface area is 85.7 Å². The van der Waals surface area contributed by atoms with E-state index in [0.29, 0.717) is 0 Å². The molecule has 0 amide bonds. The Morgan fingerprint density at radius 1 is 1.36 bits per heavy atom. The summed E-state index contributed by atoms with van der Waals surface area (Å²) in [5, 5.41) is 9.01. The highest BCUT2D eigenvalue weighted by Crippen LogP contribution is 2.19. The Balaban J connectivity index is 2.75. The Hall–Kier alpha value is -1.55. The fraction of sp³-hybridized carbons (Fsp3) is 0.308. The van der Waals surface area contributed by atoms with Crippen LogP contribution in [-0.2, 0) is 0 Å². The fourth-order valence-corrected chi connectivity index (χ4v) is 1.30. The first kappa shape index (κ1) is 10.5. The number of allylic oxidation sites excluding steroid dienone is 2. The van der Waals surface area contributed by atoms with E-state index in [1.165, 1.54) is 5.57 Å². The molecule has 0 radical (unpaired) electrons. The molecule has 0 aromatic heterocycles. The first-order valence-corrected chi connectivity index (χ1v) is 4.82. The molecule has 0 saturated carbocycles. The van der Waals surface area contributed by atoms with Crippen LogP contribution < -0.4 is 0 Å². The van der Waals surface area contributed by atoms with Crippen molar-refractivity contribution in [3.8, 4) is 6.07 Å². The van der Waals surface area contributed by atoms with Gasteiger partial charge in [-0.3, -0.25) is 0 Å². The van der Waals surface area contributed by atoms with Gasteiger partial charge < -0.3 is 0 Å². The molecule has 0 saturated heterocycles. The van der Waals surface area contributed by atoms with Gasteiger partial charge in [-0.05, 0) is 25.8 Å². The van der Waals surface area contributed by atoms with E-state index in [1.807, 2.05) is 30.3 Å². The second-order valence-electron chi connectivity index (χ2n) is 3.61. The maximum absolute atomic E-state index is 9.01. The maximum atomic E-state index is 9.01. The van der Waals surface area contributed by atoms with E-state index in [9.17, 15) is 0 Å². The highest BCUT2D eigenvalue weighted by Gasteiger charge is 2.07. The highest BCUT2D eigenvalue weighted by atomic mass is 14.3. The predicted molar refractivity (Wildman–Crippen MR) is 58.8 cm³/mol. The van der Waals surface area contributed by atoms with Crippen LogP contribution in [0, 0.1) is 11.3 Å². The maximum Gasteiger partial charge on any atom is 0.0747 e. The van der Waals surface area contributed by atoms with Gasteiger partial charge in [0, 0.05) is 0 Å². The average molecular weight is 185 g/mol. The third kappa shape index (κ3) is 3.06. The number of hydrogen-bond acceptors (Lipinski definition) is 1. The van der Waals surface area contributed by atoms with Gasteiger partial charge in [-0.15, -0.1) is 0 Å². The quantitative estimate of drug-likeness (QED) is 0.659. The van der Waals surface area contributed by atoms with Crippen molar-refractivity contribution in [2.45, 2.75) is 26.2 Å². The van der Waals surface area contributed by atoms with E-state index in [0.717, 1.165) is 12.0 Å². The van der Waals surface area contributed by atoms with Crippen LogP contribution in [0.15, 0.2) is 42.0 Å². The minimum Gasteiger partial charge on any atom is -0.198 e. The van der Waals surface area contributed by atoms with Crippen LogP contribution in [0.3, 0.4) is 0 Å². The summed E-state index contributed by atoms with van der Waals surface area (Å²) in [5.41, 5.74) is 2.37. The summed E-state index contributed by atoms with van der Waals surface area (Å²) in [7, 11) is 0. The lowest BCUT2D eigenvalue weighted by Gasteiger charge is -2.06. The smallest absolute Gasteiger partial charge is 0.0747 e. The Kier molecular flexibility index (Phi) is 3.94. The van der Waals surface area contributed by atoms with E-state index in [-0.39, 0.29) is 5.92 Å². The summed E-state index contributed by atoms with van der Waals surface area (Å²) in [4.78, 5) is 0. The van der Waals surface area contributed by atoms with Gasteiger partial charge in [0.05, 0.1) is 12.0 Å². The van der Waals surface area contributed by atoms with Crippen molar-refractivity contribution in [2.24, 2.45) is 0 Å². The van der Waals surface area contributed by atoms with Crippen molar-refractivity contribution in [3.05, 3.63) is 47.5 Å². The molecule has 1 heteroatoms. The zero-order chi connectivity index (χ0) is 10.4. The van der Waals surface area contributed by atoms with E-state index < -0.39 is 0 Å². The lowest BCUT2D eigenvalue weighted by Crippen LogP contribution is -1.93. The van der Waals surface area contributed by atoms with Crippen molar-refractivity contribution in [1.82, 2.24) is 0 Å². The van der Waals surface area contributed by atoms with Gasteiger partial charge in [-0.1, -0.05) is 42.0 Å². The third-order valence-corrected chi connectivity index (χ3v) is 2.12. The SMILES string of the molecule is CC(C)=CC[C@@H](C#N)c1ccccc1. The van der Waals surface area contributed by atoms with Crippen molar-refractivity contribution in [1.29, 1.82) is 5.26 Å². The molecular weight excluding hydrogens is 170 g/mol. The van der Waals surface area contributed by atoms with Gasteiger partial charge >= 0.3 is 0 Å². The lowest BCUT2D eigenvalue weighted by molar-refractivity contribution is 0.871. The Bertz CT molecular complexity index is 339. The number of nitriles is 1. The van der Waals surface area contributed by atoms with Gasteiger partial charge in [0.15, 0.2) is 0 Å². The molecule has 0 fully saturated rings. The summed E-state index contributed by atoms with van der Waals surface area (Å²) in [6.45, 7) is 4.11. The first-order chi connectivity index (χ1) is 6.74. The van der Waals surface area contributed by atoms with Crippen LogP contribution in [0.4, 0.5) is 0 Å². The number of rotatable bonds is 3. The van der Waals surface area contributed by atoms with Crippen molar-refractivity contribution in [3.63, 3.8) is 0 Å². The normalized spacial score (nSPS) is 11.5. The topological polar surface area (TPSA) is 23.8 Å².